The standard InChI is InChI=1S/C22H29N5O/c1-2-18-15-21(24-16-23-18)26-13-10-19(11-14-26)25-22(28)27-12-6-9-20(27)17-7-4-3-5-8-17/h3-5,7-8,15-16,19-20H,2,6,9-14H2,1H3,(H,25,28). The summed E-state index contributed by atoms with van der Waals surface area (Å²) in [6.45, 7) is 4.76. The molecule has 1 atom stereocenters. The van der Waals surface area contributed by atoms with E-state index in [4.69, 9.17) is 0 Å². The Morgan fingerprint density at radius 1 is 1.11 bits per heavy atom. The van der Waals surface area contributed by atoms with Crippen molar-refractivity contribution in [3.63, 3.8) is 0 Å². The third-order valence-corrected chi connectivity index (χ3v) is 5.92. The number of likely N-dealkylation sites (tertiary alicyclic amines) is 1. The Kier molecular flexibility index (Phi) is 5.74. The Morgan fingerprint density at radius 3 is 2.64 bits per heavy atom. The molecule has 0 radical (unpaired) electrons. The summed E-state index contributed by atoms with van der Waals surface area (Å²) < 4.78 is 0. The van der Waals surface area contributed by atoms with Gasteiger partial charge in [-0.15, -0.1) is 0 Å². The van der Waals surface area contributed by atoms with Gasteiger partial charge in [-0.05, 0) is 37.7 Å². The molecule has 148 valence electrons. The first-order chi connectivity index (χ1) is 13.7. The molecule has 0 saturated carbocycles. The Hall–Kier alpha value is -2.63. The molecule has 1 aromatic heterocycles. The molecule has 0 bridgehead atoms. The van der Waals surface area contributed by atoms with Gasteiger partial charge in [0.15, 0.2) is 0 Å². The Labute approximate surface area is 167 Å². The number of nitrogens with zero attached hydrogens (tertiary/aromatic N) is 4. The molecule has 2 aliphatic heterocycles. The fourth-order valence-corrected chi connectivity index (χ4v) is 4.29. The molecule has 0 spiro atoms. The number of carbonyl (C=O) groups is 1. The molecule has 1 N–H and O–H groups in total. The fraction of sp³-hybridized carbons (Fsp3) is 0.500. The SMILES string of the molecule is CCc1cc(N2CCC(NC(=O)N3CCCC3c3ccccc3)CC2)ncn1. The maximum absolute atomic E-state index is 12.9. The zero-order chi connectivity index (χ0) is 19.3. The van der Waals surface area contributed by atoms with Gasteiger partial charge in [-0.1, -0.05) is 37.3 Å². The van der Waals surface area contributed by atoms with Gasteiger partial charge in [-0.3, -0.25) is 0 Å². The zero-order valence-corrected chi connectivity index (χ0v) is 16.6. The van der Waals surface area contributed by atoms with Crippen LogP contribution in [0.25, 0.3) is 0 Å². The number of benzene rings is 1. The zero-order valence-electron chi connectivity index (χ0n) is 16.6. The van der Waals surface area contributed by atoms with Crippen molar-refractivity contribution >= 4 is 11.8 Å². The second-order valence-corrected chi connectivity index (χ2v) is 7.69. The van der Waals surface area contributed by atoms with Crippen LogP contribution in [0.1, 0.15) is 49.9 Å². The van der Waals surface area contributed by atoms with Crippen molar-refractivity contribution in [1.82, 2.24) is 20.2 Å². The number of carbonyl (C=O) groups excluding carboxylic acids is 1. The number of hydrogen-bond acceptors (Lipinski definition) is 4. The Balaban J connectivity index is 1.32. The van der Waals surface area contributed by atoms with E-state index < -0.39 is 0 Å². The summed E-state index contributed by atoms with van der Waals surface area (Å²) in [4.78, 5) is 25.9. The highest BCUT2D eigenvalue weighted by Gasteiger charge is 2.31. The molecule has 3 heterocycles. The van der Waals surface area contributed by atoms with E-state index in [9.17, 15) is 4.79 Å². The van der Waals surface area contributed by atoms with Crippen LogP contribution in [0.3, 0.4) is 0 Å². The number of aryl methyl sites for hydroxylation is 1. The van der Waals surface area contributed by atoms with E-state index in [1.54, 1.807) is 6.33 Å². The number of anilines is 1. The lowest BCUT2D eigenvalue weighted by Gasteiger charge is -2.35. The molecule has 4 rings (SSSR count). The van der Waals surface area contributed by atoms with Crippen molar-refractivity contribution in [2.75, 3.05) is 24.5 Å². The van der Waals surface area contributed by atoms with Gasteiger partial charge < -0.3 is 15.1 Å². The van der Waals surface area contributed by atoms with Crippen LogP contribution in [0.15, 0.2) is 42.7 Å². The molecule has 0 aliphatic carbocycles. The van der Waals surface area contributed by atoms with Crippen LogP contribution >= 0.6 is 0 Å². The van der Waals surface area contributed by atoms with E-state index in [1.165, 1.54) is 5.56 Å². The summed E-state index contributed by atoms with van der Waals surface area (Å²) in [6.07, 6.45) is 6.57. The van der Waals surface area contributed by atoms with Crippen LogP contribution in [0.5, 0.6) is 0 Å². The first kappa shape index (κ1) is 18.7. The molecule has 28 heavy (non-hydrogen) atoms. The minimum absolute atomic E-state index is 0.0834. The second-order valence-electron chi connectivity index (χ2n) is 7.69. The number of hydrogen-bond donors (Lipinski definition) is 1. The predicted octanol–water partition coefficient (Wildman–Crippen LogP) is 3.55. The van der Waals surface area contributed by atoms with Gasteiger partial charge in [-0.25, -0.2) is 14.8 Å². The van der Waals surface area contributed by atoms with Gasteiger partial charge in [0.1, 0.15) is 12.1 Å². The molecule has 1 aromatic carbocycles. The van der Waals surface area contributed by atoms with Crippen LogP contribution in [0.2, 0.25) is 0 Å². The smallest absolute Gasteiger partial charge is 0.318 e. The third-order valence-electron chi connectivity index (χ3n) is 5.92. The normalized spacial score (nSPS) is 20.4. The molecule has 2 aromatic rings. The molecule has 1 unspecified atom stereocenters. The highest BCUT2D eigenvalue weighted by molar-refractivity contribution is 5.75. The van der Waals surface area contributed by atoms with E-state index in [-0.39, 0.29) is 18.1 Å². The summed E-state index contributed by atoms with van der Waals surface area (Å²) in [6, 6.07) is 13.0. The highest BCUT2D eigenvalue weighted by atomic mass is 16.2. The lowest BCUT2D eigenvalue weighted by Crippen LogP contribution is -2.49. The molecule has 6 nitrogen and oxygen atoms in total. The van der Waals surface area contributed by atoms with Crippen LogP contribution in [-0.2, 0) is 6.42 Å². The van der Waals surface area contributed by atoms with E-state index in [0.717, 1.165) is 63.3 Å². The lowest BCUT2D eigenvalue weighted by molar-refractivity contribution is 0.186. The summed E-state index contributed by atoms with van der Waals surface area (Å²) in [7, 11) is 0. The summed E-state index contributed by atoms with van der Waals surface area (Å²) in [5, 5.41) is 3.28. The van der Waals surface area contributed by atoms with Crippen LogP contribution in [0.4, 0.5) is 10.6 Å². The fourth-order valence-electron chi connectivity index (χ4n) is 4.29. The number of amides is 2. The van der Waals surface area contributed by atoms with Crippen molar-refractivity contribution in [2.24, 2.45) is 0 Å². The van der Waals surface area contributed by atoms with Crippen molar-refractivity contribution in [3.8, 4) is 0 Å². The van der Waals surface area contributed by atoms with Gasteiger partial charge >= 0.3 is 6.03 Å². The molecular formula is C22H29N5O. The third kappa shape index (κ3) is 4.11. The average Bonchev–Trinajstić information content (AvgIpc) is 3.25. The largest absolute Gasteiger partial charge is 0.356 e. The molecule has 6 heteroatoms. The van der Waals surface area contributed by atoms with E-state index in [0.29, 0.717) is 0 Å². The topological polar surface area (TPSA) is 61.4 Å². The van der Waals surface area contributed by atoms with E-state index >= 15 is 0 Å². The number of piperidine rings is 1. The molecular weight excluding hydrogens is 350 g/mol. The molecule has 2 amide bonds. The second kappa shape index (κ2) is 8.59. The van der Waals surface area contributed by atoms with Gasteiger partial charge in [0.2, 0.25) is 0 Å². The molecule has 2 fully saturated rings. The first-order valence-electron chi connectivity index (χ1n) is 10.4. The van der Waals surface area contributed by atoms with E-state index in [1.807, 2.05) is 11.0 Å². The summed E-state index contributed by atoms with van der Waals surface area (Å²) in [5.74, 6) is 1.00. The van der Waals surface area contributed by atoms with Crippen molar-refractivity contribution in [1.29, 1.82) is 0 Å². The predicted molar refractivity (Wildman–Crippen MR) is 110 cm³/mol. The maximum atomic E-state index is 12.9. The quantitative estimate of drug-likeness (QED) is 0.882. The van der Waals surface area contributed by atoms with Gasteiger partial charge in [-0.2, -0.15) is 0 Å². The minimum Gasteiger partial charge on any atom is -0.356 e. The monoisotopic (exact) mass is 379 g/mol. The summed E-state index contributed by atoms with van der Waals surface area (Å²) >= 11 is 0. The number of rotatable bonds is 4. The van der Waals surface area contributed by atoms with Crippen LogP contribution in [0, 0.1) is 0 Å². The van der Waals surface area contributed by atoms with Gasteiger partial charge in [0.25, 0.3) is 0 Å². The van der Waals surface area contributed by atoms with Crippen LogP contribution in [-0.4, -0.2) is 46.6 Å². The maximum Gasteiger partial charge on any atom is 0.318 e. The Morgan fingerprint density at radius 2 is 1.89 bits per heavy atom. The lowest BCUT2D eigenvalue weighted by atomic mass is 10.0. The number of aromatic nitrogens is 2. The molecule has 2 aliphatic rings. The van der Waals surface area contributed by atoms with Crippen molar-refractivity contribution < 1.29 is 4.79 Å². The minimum atomic E-state index is 0.0834. The average molecular weight is 380 g/mol. The number of nitrogens with one attached hydrogen (secondary N) is 1. The summed E-state index contributed by atoms with van der Waals surface area (Å²) in [5.41, 5.74) is 2.31. The van der Waals surface area contributed by atoms with Crippen LogP contribution < -0.4 is 10.2 Å². The van der Waals surface area contributed by atoms with E-state index in [2.05, 4.69) is 57.4 Å². The van der Waals surface area contributed by atoms with Crippen molar-refractivity contribution in [2.45, 2.75) is 51.1 Å². The Bertz CT molecular complexity index is 789. The van der Waals surface area contributed by atoms with Gasteiger partial charge in [0.05, 0.1) is 6.04 Å². The van der Waals surface area contributed by atoms with Crippen molar-refractivity contribution in [3.05, 3.63) is 54.0 Å². The first-order valence-corrected chi connectivity index (χ1v) is 10.4. The number of urea groups is 1. The molecule has 2 saturated heterocycles. The van der Waals surface area contributed by atoms with Gasteiger partial charge in [0, 0.05) is 37.4 Å². The highest BCUT2D eigenvalue weighted by Crippen LogP contribution is 2.32.